The van der Waals surface area contributed by atoms with Crippen molar-refractivity contribution in [2.24, 2.45) is 0 Å². The normalized spacial score (nSPS) is 21.1. The van der Waals surface area contributed by atoms with Gasteiger partial charge in [-0.25, -0.2) is 0 Å². The summed E-state index contributed by atoms with van der Waals surface area (Å²) in [5.74, 6) is 3.16. The number of nitrogens with one attached hydrogen (secondary N) is 1. The lowest BCUT2D eigenvalue weighted by Crippen LogP contribution is -2.54. The first kappa shape index (κ1) is 11.9. The third kappa shape index (κ3) is 3.52. The van der Waals surface area contributed by atoms with Crippen LogP contribution in [-0.2, 0) is 0 Å². The molecular weight excluding hydrogens is 194 g/mol. The van der Waals surface area contributed by atoms with E-state index in [1.165, 1.54) is 19.3 Å². The van der Waals surface area contributed by atoms with Crippen molar-refractivity contribution < 1.29 is 0 Å². The summed E-state index contributed by atoms with van der Waals surface area (Å²) in [6.45, 7) is 6.54. The molecule has 0 amide bonds. The van der Waals surface area contributed by atoms with Gasteiger partial charge in [0.25, 0.3) is 0 Å². The van der Waals surface area contributed by atoms with Crippen LogP contribution in [0.15, 0.2) is 0 Å². The van der Waals surface area contributed by atoms with Crippen molar-refractivity contribution >= 4 is 11.6 Å². The highest BCUT2D eigenvalue weighted by Crippen LogP contribution is 2.29. The molecule has 1 saturated carbocycles. The van der Waals surface area contributed by atoms with E-state index in [-0.39, 0.29) is 11.1 Å². The fourth-order valence-corrected chi connectivity index (χ4v) is 2.43. The summed E-state index contributed by atoms with van der Waals surface area (Å²) in [7, 11) is 0. The number of hydrogen-bond donors (Lipinski definition) is 1. The Bertz CT molecular complexity index is 235. The minimum atomic E-state index is -0.0295. The van der Waals surface area contributed by atoms with E-state index in [2.05, 4.69) is 37.4 Å². The van der Waals surface area contributed by atoms with E-state index in [9.17, 15) is 0 Å². The van der Waals surface area contributed by atoms with E-state index >= 15 is 0 Å². The van der Waals surface area contributed by atoms with E-state index in [0.717, 1.165) is 12.8 Å². The van der Waals surface area contributed by atoms with Crippen molar-refractivity contribution in [1.82, 2.24) is 5.32 Å². The van der Waals surface area contributed by atoms with Crippen LogP contribution in [0.4, 0.5) is 0 Å². The largest absolute Gasteiger partial charge is 0.296 e. The smallest absolute Gasteiger partial charge is 0.0817 e. The molecule has 1 N–H and O–H groups in total. The van der Waals surface area contributed by atoms with Gasteiger partial charge in [-0.3, -0.25) is 5.32 Å². The molecule has 0 aromatic carbocycles. The molecule has 1 nitrogen and oxygen atoms in total. The van der Waals surface area contributed by atoms with Gasteiger partial charge < -0.3 is 0 Å². The van der Waals surface area contributed by atoms with Gasteiger partial charge in [-0.15, -0.1) is 0 Å². The quantitative estimate of drug-likeness (QED) is 0.660. The molecule has 0 saturated heterocycles. The number of halogens is 1. The highest BCUT2D eigenvalue weighted by molar-refractivity contribution is 6.30. The molecule has 0 bridgehead atoms. The molecular formula is C12H20ClN. The third-order valence-corrected chi connectivity index (χ3v) is 2.70. The van der Waals surface area contributed by atoms with E-state index in [0.29, 0.717) is 0 Å². The molecule has 80 valence electrons. The molecule has 0 aromatic heterocycles. The Balaban J connectivity index is 2.74. The van der Waals surface area contributed by atoms with Crippen molar-refractivity contribution in [3.63, 3.8) is 0 Å². The maximum absolute atomic E-state index is 5.55. The SMILES string of the molecule is CC(C)(C)NC1(C#CCl)CCCCC1. The highest BCUT2D eigenvalue weighted by Gasteiger charge is 2.33. The van der Waals surface area contributed by atoms with Crippen molar-refractivity contribution in [1.29, 1.82) is 0 Å². The third-order valence-electron chi connectivity index (χ3n) is 2.61. The maximum atomic E-state index is 5.55. The van der Waals surface area contributed by atoms with Crippen LogP contribution in [0.5, 0.6) is 0 Å². The van der Waals surface area contributed by atoms with Crippen molar-refractivity contribution in [2.75, 3.05) is 0 Å². The van der Waals surface area contributed by atoms with Crippen LogP contribution in [0.25, 0.3) is 0 Å². The molecule has 1 aliphatic carbocycles. The van der Waals surface area contributed by atoms with E-state index in [1.54, 1.807) is 0 Å². The molecule has 2 heteroatoms. The molecule has 0 aromatic rings. The lowest BCUT2D eigenvalue weighted by Gasteiger charge is -2.39. The molecule has 0 aliphatic heterocycles. The van der Waals surface area contributed by atoms with Crippen LogP contribution in [0.3, 0.4) is 0 Å². The fraction of sp³-hybridized carbons (Fsp3) is 0.833. The lowest BCUT2D eigenvalue weighted by atomic mass is 9.80. The number of rotatable bonds is 1. The summed E-state index contributed by atoms with van der Waals surface area (Å²) in [4.78, 5) is 0. The van der Waals surface area contributed by atoms with Crippen LogP contribution in [0.1, 0.15) is 52.9 Å². The summed E-state index contributed by atoms with van der Waals surface area (Å²) in [5, 5.41) is 6.18. The Labute approximate surface area is 92.6 Å². The molecule has 0 radical (unpaired) electrons. The van der Waals surface area contributed by atoms with Crippen LogP contribution in [-0.4, -0.2) is 11.1 Å². The first-order valence-corrected chi connectivity index (χ1v) is 5.77. The number of hydrogen-bond acceptors (Lipinski definition) is 1. The molecule has 1 fully saturated rings. The van der Waals surface area contributed by atoms with Gasteiger partial charge in [0, 0.05) is 10.9 Å². The van der Waals surface area contributed by atoms with E-state index in [1.807, 2.05) is 0 Å². The Kier molecular flexibility index (Phi) is 3.86. The Morgan fingerprint density at radius 2 is 1.71 bits per heavy atom. The van der Waals surface area contributed by atoms with Crippen molar-refractivity contribution in [3.05, 3.63) is 0 Å². The predicted octanol–water partition coefficient (Wildman–Crippen LogP) is 3.28. The van der Waals surface area contributed by atoms with Gasteiger partial charge in [-0.2, -0.15) is 0 Å². The second-order valence-electron chi connectivity index (χ2n) is 5.24. The molecule has 0 spiro atoms. The second-order valence-corrected chi connectivity index (χ2v) is 5.43. The summed E-state index contributed by atoms with van der Waals surface area (Å²) in [5.41, 5.74) is 0.0797. The molecule has 0 atom stereocenters. The second kappa shape index (κ2) is 4.55. The van der Waals surface area contributed by atoms with Gasteiger partial charge in [-0.05, 0) is 45.2 Å². The van der Waals surface area contributed by atoms with Gasteiger partial charge in [0.05, 0.1) is 5.54 Å². The predicted molar refractivity (Wildman–Crippen MR) is 62.3 cm³/mol. The average Bonchev–Trinajstić information content (AvgIpc) is 2.02. The van der Waals surface area contributed by atoms with Crippen LogP contribution in [0.2, 0.25) is 0 Å². The van der Waals surface area contributed by atoms with Crippen LogP contribution < -0.4 is 5.32 Å². The summed E-state index contributed by atoms with van der Waals surface area (Å²) in [6.07, 6.45) is 6.11. The van der Waals surface area contributed by atoms with E-state index < -0.39 is 0 Å². The van der Waals surface area contributed by atoms with Crippen LogP contribution >= 0.6 is 11.6 Å². The van der Waals surface area contributed by atoms with Gasteiger partial charge in [0.15, 0.2) is 0 Å². The topological polar surface area (TPSA) is 12.0 Å². The zero-order valence-corrected chi connectivity index (χ0v) is 10.2. The first-order chi connectivity index (χ1) is 6.47. The standard InChI is InChI=1S/C12H20ClN/c1-11(2,3)14-12(9-10-13)7-5-4-6-8-12/h14H,4-8H2,1-3H3. The monoisotopic (exact) mass is 213 g/mol. The Hall–Kier alpha value is -0.190. The van der Waals surface area contributed by atoms with Gasteiger partial charge >= 0.3 is 0 Å². The van der Waals surface area contributed by atoms with Crippen LogP contribution in [0, 0.1) is 11.3 Å². The molecule has 0 unspecified atom stereocenters. The Morgan fingerprint density at radius 3 is 2.14 bits per heavy atom. The van der Waals surface area contributed by atoms with Crippen molar-refractivity contribution in [2.45, 2.75) is 64.0 Å². The Morgan fingerprint density at radius 1 is 1.14 bits per heavy atom. The maximum Gasteiger partial charge on any atom is 0.0817 e. The highest BCUT2D eigenvalue weighted by atomic mass is 35.5. The first-order valence-electron chi connectivity index (χ1n) is 5.40. The van der Waals surface area contributed by atoms with Gasteiger partial charge in [0.2, 0.25) is 0 Å². The molecule has 0 heterocycles. The fourth-order valence-electron chi connectivity index (χ4n) is 2.24. The zero-order chi connectivity index (χ0) is 10.7. The lowest BCUT2D eigenvalue weighted by molar-refractivity contribution is 0.237. The molecule has 14 heavy (non-hydrogen) atoms. The van der Waals surface area contributed by atoms with Crippen molar-refractivity contribution in [3.8, 4) is 11.3 Å². The zero-order valence-electron chi connectivity index (χ0n) is 9.41. The van der Waals surface area contributed by atoms with E-state index in [4.69, 9.17) is 11.6 Å². The minimum Gasteiger partial charge on any atom is -0.296 e. The van der Waals surface area contributed by atoms with Gasteiger partial charge in [0.1, 0.15) is 0 Å². The molecule has 1 aliphatic rings. The summed E-state index contributed by atoms with van der Waals surface area (Å²) in [6, 6.07) is 0. The summed E-state index contributed by atoms with van der Waals surface area (Å²) < 4.78 is 0. The average molecular weight is 214 g/mol. The molecule has 1 rings (SSSR count). The van der Waals surface area contributed by atoms with Gasteiger partial charge in [-0.1, -0.05) is 25.2 Å². The summed E-state index contributed by atoms with van der Waals surface area (Å²) >= 11 is 5.55. The minimum absolute atomic E-state index is 0.0295.